The summed E-state index contributed by atoms with van der Waals surface area (Å²) in [4.78, 5) is 24.8. The van der Waals surface area contributed by atoms with Gasteiger partial charge in [0, 0.05) is 13.1 Å². The van der Waals surface area contributed by atoms with Gasteiger partial charge in [-0.3, -0.25) is 14.5 Å². The van der Waals surface area contributed by atoms with Crippen molar-refractivity contribution in [1.29, 1.82) is 0 Å². The normalized spacial score (nSPS) is 21.3. The van der Waals surface area contributed by atoms with Gasteiger partial charge in [-0.1, -0.05) is 11.8 Å². The van der Waals surface area contributed by atoms with Gasteiger partial charge >= 0.3 is 5.97 Å². The number of hydrogen-bond donors (Lipinski definition) is 2. The highest BCUT2D eigenvalue weighted by molar-refractivity contribution is 8.15. The number of amidine groups is 1. The van der Waals surface area contributed by atoms with Crippen molar-refractivity contribution in [2.24, 2.45) is 10.2 Å². The van der Waals surface area contributed by atoms with E-state index in [1.165, 1.54) is 0 Å². The molecule has 1 aromatic rings. The first kappa shape index (κ1) is 22.3. The number of rotatable bonds is 10. The lowest BCUT2D eigenvalue weighted by molar-refractivity contribution is -0.138. The van der Waals surface area contributed by atoms with Crippen LogP contribution in [0.5, 0.6) is 5.75 Å². The van der Waals surface area contributed by atoms with Gasteiger partial charge in [0.2, 0.25) is 5.91 Å². The summed E-state index contributed by atoms with van der Waals surface area (Å²) in [6.45, 7) is 5.46. The second-order valence-electron chi connectivity index (χ2n) is 6.92. The number of nitrogens with zero attached hydrogens (tertiary/aromatic N) is 3. The number of unbranched alkanes of at least 4 members (excludes halogenated alkanes) is 1. The molecule has 2 saturated heterocycles. The fraction of sp³-hybridized carbons (Fsp3) is 0.500. The number of carbonyl (C=O) groups excluding carboxylic acids is 1. The average molecular weight is 435 g/mol. The maximum absolute atomic E-state index is 11.6. The number of carboxylic acid groups (broad SMARTS) is 1. The zero-order valence-corrected chi connectivity index (χ0v) is 17.5. The predicted octanol–water partition coefficient (Wildman–Crippen LogP) is 1.57. The van der Waals surface area contributed by atoms with Crippen LogP contribution in [0, 0.1) is 0 Å². The van der Waals surface area contributed by atoms with Crippen LogP contribution in [0.3, 0.4) is 0 Å². The van der Waals surface area contributed by atoms with Crippen molar-refractivity contribution in [3.63, 3.8) is 0 Å². The Balaban J connectivity index is 1.36. The maximum atomic E-state index is 11.6. The second-order valence-corrected chi connectivity index (χ2v) is 8.11. The van der Waals surface area contributed by atoms with Crippen LogP contribution in [0.25, 0.3) is 0 Å². The zero-order valence-electron chi connectivity index (χ0n) is 16.7. The molecular formula is C20H26N4O5S. The summed E-state index contributed by atoms with van der Waals surface area (Å²) in [6, 6.07) is 7.51. The summed E-state index contributed by atoms with van der Waals surface area (Å²) in [5, 5.41) is 18.8. The molecule has 162 valence electrons. The van der Waals surface area contributed by atoms with Crippen LogP contribution in [-0.2, 0) is 14.3 Å². The monoisotopic (exact) mass is 434 g/mol. The summed E-state index contributed by atoms with van der Waals surface area (Å²) in [5.74, 6) is -0.574. The Bertz CT molecular complexity index is 778. The number of aliphatic carboxylic acids is 1. The number of ether oxygens (including phenoxy) is 2. The fourth-order valence-electron chi connectivity index (χ4n) is 3.00. The smallest absolute Gasteiger partial charge is 0.305 e. The standard InChI is InChI=1S/C20H26N4O5S/c25-18(26)13-17-19(27)22-20(30-17)23-21-14-15-3-5-16(6-4-15)29-10-2-1-7-24-8-11-28-12-9-24/h3-6,14,17H,1-2,7-13H2,(H,25,26)(H,22,23,27). The fourth-order valence-corrected chi connectivity index (χ4v) is 3.91. The average Bonchev–Trinajstić information content (AvgIpc) is 3.08. The third-order valence-electron chi connectivity index (χ3n) is 4.61. The molecule has 0 bridgehead atoms. The van der Waals surface area contributed by atoms with Crippen molar-refractivity contribution >= 4 is 35.0 Å². The van der Waals surface area contributed by atoms with E-state index >= 15 is 0 Å². The number of carbonyl (C=O) groups is 2. The third kappa shape index (κ3) is 7.43. The van der Waals surface area contributed by atoms with Crippen LogP contribution < -0.4 is 10.1 Å². The Morgan fingerprint density at radius 2 is 2.07 bits per heavy atom. The van der Waals surface area contributed by atoms with Crippen LogP contribution in [0.1, 0.15) is 24.8 Å². The van der Waals surface area contributed by atoms with Crippen LogP contribution in [0.2, 0.25) is 0 Å². The molecule has 2 N–H and O–H groups in total. The number of carboxylic acids is 1. The number of amides is 1. The second kappa shape index (κ2) is 11.7. The molecule has 1 unspecified atom stereocenters. The summed E-state index contributed by atoms with van der Waals surface area (Å²) >= 11 is 1.07. The van der Waals surface area contributed by atoms with Gasteiger partial charge in [0.15, 0.2) is 5.17 Å². The van der Waals surface area contributed by atoms with Crippen LogP contribution in [0.15, 0.2) is 34.5 Å². The quantitative estimate of drug-likeness (QED) is 0.326. The first-order valence-corrected chi connectivity index (χ1v) is 10.8. The lowest BCUT2D eigenvalue weighted by atomic mass is 10.2. The van der Waals surface area contributed by atoms with E-state index in [9.17, 15) is 9.59 Å². The van der Waals surface area contributed by atoms with Gasteiger partial charge in [-0.2, -0.15) is 5.10 Å². The van der Waals surface area contributed by atoms with Gasteiger partial charge in [0.25, 0.3) is 0 Å². The molecular weight excluding hydrogens is 408 g/mol. The predicted molar refractivity (Wildman–Crippen MR) is 115 cm³/mol. The van der Waals surface area contributed by atoms with Crippen molar-refractivity contribution in [3.05, 3.63) is 29.8 Å². The van der Waals surface area contributed by atoms with E-state index in [0.29, 0.717) is 11.8 Å². The summed E-state index contributed by atoms with van der Waals surface area (Å²) in [6.07, 6.45) is 3.43. The lowest BCUT2D eigenvalue weighted by Gasteiger charge is -2.26. The van der Waals surface area contributed by atoms with E-state index in [-0.39, 0.29) is 12.3 Å². The molecule has 2 heterocycles. The van der Waals surface area contributed by atoms with Crippen molar-refractivity contribution in [3.8, 4) is 5.75 Å². The highest BCUT2D eigenvalue weighted by Crippen LogP contribution is 2.22. The number of hydrogen-bond acceptors (Lipinski definition) is 8. The largest absolute Gasteiger partial charge is 0.494 e. The minimum atomic E-state index is -1.02. The van der Waals surface area contributed by atoms with E-state index in [1.807, 2.05) is 24.3 Å². The minimum absolute atomic E-state index is 0.242. The first-order chi connectivity index (χ1) is 14.6. The molecule has 1 atom stereocenters. The van der Waals surface area contributed by atoms with Gasteiger partial charge < -0.3 is 19.9 Å². The van der Waals surface area contributed by atoms with Gasteiger partial charge in [-0.15, -0.1) is 5.10 Å². The van der Waals surface area contributed by atoms with Gasteiger partial charge in [0.05, 0.1) is 32.5 Å². The van der Waals surface area contributed by atoms with Crippen LogP contribution in [0.4, 0.5) is 0 Å². The molecule has 0 saturated carbocycles. The molecule has 3 rings (SSSR count). The summed E-state index contributed by atoms with van der Waals surface area (Å²) in [7, 11) is 0. The Labute approximate surface area is 179 Å². The summed E-state index contributed by atoms with van der Waals surface area (Å²) in [5.41, 5.74) is 0.843. The van der Waals surface area contributed by atoms with E-state index in [0.717, 1.165) is 68.8 Å². The molecule has 0 spiro atoms. The molecule has 0 aromatic heterocycles. The first-order valence-electron chi connectivity index (χ1n) is 9.93. The highest BCUT2D eigenvalue weighted by Gasteiger charge is 2.32. The van der Waals surface area contributed by atoms with E-state index < -0.39 is 11.2 Å². The molecule has 9 nitrogen and oxygen atoms in total. The summed E-state index contributed by atoms with van der Waals surface area (Å²) < 4.78 is 11.1. The molecule has 1 amide bonds. The zero-order chi connectivity index (χ0) is 21.2. The van der Waals surface area contributed by atoms with Crippen LogP contribution >= 0.6 is 11.8 Å². The Morgan fingerprint density at radius 1 is 1.30 bits per heavy atom. The molecule has 2 aliphatic heterocycles. The number of nitrogens with one attached hydrogen (secondary N) is 1. The van der Waals surface area contributed by atoms with Crippen molar-refractivity contribution in [2.75, 3.05) is 39.5 Å². The van der Waals surface area contributed by atoms with E-state index in [2.05, 4.69) is 20.4 Å². The van der Waals surface area contributed by atoms with Gasteiger partial charge in [0.1, 0.15) is 11.0 Å². The number of benzene rings is 1. The molecule has 2 fully saturated rings. The molecule has 10 heteroatoms. The van der Waals surface area contributed by atoms with Crippen molar-refractivity contribution < 1.29 is 24.2 Å². The molecule has 30 heavy (non-hydrogen) atoms. The molecule has 0 radical (unpaired) electrons. The van der Waals surface area contributed by atoms with E-state index in [4.69, 9.17) is 14.6 Å². The lowest BCUT2D eigenvalue weighted by Crippen LogP contribution is -2.36. The third-order valence-corrected chi connectivity index (χ3v) is 5.69. The maximum Gasteiger partial charge on any atom is 0.305 e. The minimum Gasteiger partial charge on any atom is -0.494 e. The SMILES string of the molecule is O=C(O)CC1SC(=NN=Cc2ccc(OCCCCN3CCOCC3)cc2)NC1=O. The topological polar surface area (TPSA) is 113 Å². The van der Waals surface area contributed by atoms with Crippen molar-refractivity contribution in [2.45, 2.75) is 24.5 Å². The molecule has 2 aliphatic rings. The van der Waals surface area contributed by atoms with Gasteiger partial charge in [-0.05, 0) is 49.2 Å². The van der Waals surface area contributed by atoms with Gasteiger partial charge in [-0.25, -0.2) is 0 Å². The Morgan fingerprint density at radius 3 is 2.80 bits per heavy atom. The number of morpholine rings is 1. The molecule has 1 aromatic carbocycles. The molecule has 0 aliphatic carbocycles. The highest BCUT2D eigenvalue weighted by atomic mass is 32.2. The Kier molecular flexibility index (Phi) is 8.66. The van der Waals surface area contributed by atoms with Crippen LogP contribution in [-0.4, -0.2) is 78.0 Å². The van der Waals surface area contributed by atoms with E-state index in [1.54, 1.807) is 6.21 Å². The number of thioether (sulfide) groups is 1. The van der Waals surface area contributed by atoms with Crippen molar-refractivity contribution in [1.82, 2.24) is 10.2 Å². The Hall–Kier alpha value is -2.43.